The van der Waals surface area contributed by atoms with Gasteiger partial charge in [0.15, 0.2) is 0 Å². The molecule has 21 heavy (non-hydrogen) atoms. The van der Waals surface area contributed by atoms with Crippen molar-refractivity contribution in [2.24, 2.45) is 0 Å². The number of carbonyl (C=O) groups is 1. The highest BCUT2D eigenvalue weighted by Gasteiger charge is 2.29. The van der Waals surface area contributed by atoms with Crippen molar-refractivity contribution in [3.8, 4) is 0 Å². The summed E-state index contributed by atoms with van der Waals surface area (Å²) in [4.78, 5) is 12.1. The van der Waals surface area contributed by atoms with Crippen molar-refractivity contribution in [1.29, 1.82) is 0 Å². The Morgan fingerprint density at radius 3 is 2.76 bits per heavy atom. The van der Waals surface area contributed by atoms with Gasteiger partial charge in [-0.05, 0) is 18.6 Å². The third kappa shape index (κ3) is 3.79. The van der Waals surface area contributed by atoms with E-state index in [1.165, 1.54) is 12.1 Å². The van der Waals surface area contributed by atoms with Crippen molar-refractivity contribution < 1.29 is 18.3 Å². The molecule has 2 unspecified atom stereocenters. The van der Waals surface area contributed by atoms with Crippen LogP contribution in [0.4, 0.5) is 5.69 Å². The number of aliphatic hydroxyl groups is 1. The summed E-state index contributed by atoms with van der Waals surface area (Å²) < 4.78 is 26.6. The van der Waals surface area contributed by atoms with Gasteiger partial charge in [0.05, 0.1) is 17.8 Å². The van der Waals surface area contributed by atoms with E-state index in [1.807, 2.05) is 0 Å². The maximum absolute atomic E-state index is 12.1. The van der Waals surface area contributed by atoms with Crippen LogP contribution in [0.15, 0.2) is 29.2 Å². The molecule has 0 aromatic heterocycles. The monoisotopic (exact) mass is 313 g/mol. The standard InChI is InChI=1S/C13H19N3O4S/c1-2-15-21(19,20)12-6-4-3-5-10(12)16-13(18)11-7-9(17)8-14-11/h3-6,9,11,14-15,17H,2,7-8H2,1H3,(H,16,18). The van der Waals surface area contributed by atoms with Crippen LogP contribution >= 0.6 is 0 Å². The first kappa shape index (κ1) is 15.9. The van der Waals surface area contributed by atoms with E-state index in [0.29, 0.717) is 13.0 Å². The minimum Gasteiger partial charge on any atom is -0.392 e. The van der Waals surface area contributed by atoms with Crippen LogP contribution in [0.25, 0.3) is 0 Å². The molecule has 1 amide bonds. The van der Waals surface area contributed by atoms with Crippen molar-refractivity contribution in [2.75, 3.05) is 18.4 Å². The number of benzene rings is 1. The Labute approximate surface area is 123 Å². The first-order valence-electron chi connectivity index (χ1n) is 6.75. The highest BCUT2D eigenvalue weighted by Crippen LogP contribution is 2.21. The minimum absolute atomic E-state index is 0.0266. The van der Waals surface area contributed by atoms with Gasteiger partial charge in [-0.15, -0.1) is 0 Å². The number of carbonyl (C=O) groups excluding carboxylic acids is 1. The van der Waals surface area contributed by atoms with Crippen LogP contribution in [-0.2, 0) is 14.8 Å². The zero-order chi connectivity index (χ0) is 15.5. The number of anilines is 1. The molecular weight excluding hydrogens is 294 g/mol. The molecule has 0 spiro atoms. The zero-order valence-corrected chi connectivity index (χ0v) is 12.5. The smallest absolute Gasteiger partial charge is 0.242 e. The van der Waals surface area contributed by atoms with Gasteiger partial charge in [0.25, 0.3) is 0 Å². The topological polar surface area (TPSA) is 108 Å². The van der Waals surface area contributed by atoms with E-state index >= 15 is 0 Å². The molecule has 0 saturated carbocycles. The van der Waals surface area contributed by atoms with Crippen LogP contribution in [0, 0.1) is 0 Å². The fraction of sp³-hybridized carbons (Fsp3) is 0.462. The quantitative estimate of drug-likeness (QED) is 0.594. The summed E-state index contributed by atoms with van der Waals surface area (Å²) in [6.45, 7) is 2.30. The molecule has 8 heteroatoms. The average Bonchev–Trinajstić information content (AvgIpc) is 2.86. The van der Waals surface area contributed by atoms with Gasteiger partial charge < -0.3 is 15.7 Å². The third-order valence-corrected chi connectivity index (χ3v) is 4.80. The van der Waals surface area contributed by atoms with Gasteiger partial charge in [0.1, 0.15) is 4.90 Å². The summed E-state index contributed by atoms with van der Waals surface area (Å²) >= 11 is 0. The largest absolute Gasteiger partial charge is 0.392 e. The summed E-state index contributed by atoms with van der Waals surface area (Å²) in [6.07, 6.45) is -0.241. The minimum atomic E-state index is -3.66. The Morgan fingerprint density at radius 2 is 2.14 bits per heavy atom. The predicted octanol–water partition coefficient (Wildman–Crippen LogP) is -0.354. The lowest BCUT2D eigenvalue weighted by molar-refractivity contribution is -0.117. The van der Waals surface area contributed by atoms with Gasteiger partial charge in [0.2, 0.25) is 15.9 Å². The number of rotatable bonds is 5. The second-order valence-electron chi connectivity index (χ2n) is 4.84. The van der Waals surface area contributed by atoms with Gasteiger partial charge in [-0.25, -0.2) is 13.1 Å². The zero-order valence-electron chi connectivity index (χ0n) is 11.7. The van der Waals surface area contributed by atoms with E-state index in [-0.39, 0.29) is 23.0 Å². The van der Waals surface area contributed by atoms with Crippen molar-refractivity contribution >= 4 is 21.6 Å². The first-order chi connectivity index (χ1) is 9.94. The maximum atomic E-state index is 12.1. The first-order valence-corrected chi connectivity index (χ1v) is 8.23. The summed E-state index contributed by atoms with van der Waals surface area (Å²) in [5.74, 6) is -0.356. The number of hydrogen-bond donors (Lipinski definition) is 4. The lowest BCUT2D eigenvalue weighted by Crippen LogP contribution is -2.36. The fourth-order valence-electron chi connectivity index (χ4n) is 2.21. The highest BCUT2D eigenvalue weighted by molar-refractivity contribution is 7.89. The van der Waals surface area contributed by atoms with Gasteiger partial charge in [0, 0.05) is 13.1 Å². The molecule has 2 rings (SSSR count). The van der Waals surface area contributed by atoms with E-state index in [2.05, 4.69) is 15.4 Å². The van der Waals surface area contributed by atoms with Gasteiger partial charge in [-0.1, -0.05) is 19.1 Å². The number of aliphatic hydroxyl groups excluding tert-OH is 1. The Balaban J connectivity index is 2.19. The van der Waals surface area contributed by atoms with Crippen LogP contribution in [0.1, 0.15) is 13.3 Å². The average molecular weight is 313 g/mol. The normalized spacial score (nSPS) is 22.2. The van der Waals surface area contributed by atoms with Crippen LogP contribution in [0.3, 0.4) is 0 Å². The van der Waals surface area contributed by atoms with Crippen LogP contribution in [0.5, 0.6) is 0 Å². The van der Waals surface area contributed by atoms with E-state index in [0.717, 1.165) is 0 Å². The molecule has 1 aliphatic rings. The molecule has 0 radical (unpaired) electrons. The molecule has 116 valence electrons. The Hall–Kier alpha value is -1.48. The molecule has 0 bridgehead atoms. The van der Waals surface area contributed by atoms with Crippen LogP contribution < -0.4 is 15.4 Å². The van der Waals surface area contributed by atoms with Crippen LogP contribution in [-0.4, -0.2) is 44.7 Å². The lowest BCUT2D eigenvalue weighted by atomic mass is 10.2. The van der Waals surface area contributed by atoms with E-state index in [1.54, 1.807) is 19.1 Å². The van der Waals surface area contributed by atoms with Crippen molar-refractivity contribution in [1.82, 2.24) is 10.0 Å². The highest BCUT2D eigenvalue weighted by atomic mass is 32.2. The number of hydrogen-bond acceptors (Lipinski definition) is 5. The number of nitrogens with one attached hydrogen (secondary N) is 3. The van der Waals surface area contributed by atoms with Crippen LogP contribution in [0.2, 0.25) is 0 Å². The molecule has 2 atom stereocenters. The number of amides is 1. The maximum Gasteiger partial charge on any atom is 0.242 e. The van der Waals surface area contributed by atoms with Gasteiger partial charge >= 0.3 is 0 Å². The summed E-state index contributed by atoms with van der Waals surface area (Å²) in [7, 11) is -3.66. The predicted molar refractivity (Wildman–Crippen MR) is 78.3 cm³/mol. The Morgan fingerprint density at radius 1 is 1.43 bits per heavy atom. The number of para-hydroxylation sites is 1. The summed E-state index contributed by atoms with van der Waals surface area (Å²) in [6, 6.07) is 5.70. The van der Waals surface area contributed by atoms with E-state index in [4.69, 9.17) is 0 Å². The molecule has 1 aliphatic heterocycles. The molecule has 1 heterocycles. The summed E-state index contributed by atoms with van der Waals surface area (Å²) in [5.41, 5.74) is 0.228. The summed E-state index contributed by atoms with van der Waals surface area (Å²) in [5, 5.41) is 14.9. The van der Waals surface area contributed by atoms with Gasteiger partial charge in [-0.2, -0.15) is 0 Å². The second kappa shape index (κ2) is 6.52. The second-order valence-corrected chi connectivity index (χ2v) is 6.57. The third-order valence-electron chi connectivity index (χ3n) is 3.19. The molecule has 1 aromatic rings. The molecular formula is C13H19N3O4S. The molecule has 1 aromatic carbocycles. The molecule has 1 saturated heterocycles. The number of β-amino-alcohol motifs (C(OH)–C–C–N with tert-alkyl or cyclic N) is 1. The SMILES string of the molecule is CCNS(=O)(=O)c1ccccc1NC(=O)C1CC(O)CN1. The molecule has 7 nitrogen and oxygen atoms in total. The number of sulfonamides is 1. The lowest BCUT2D eigenvalue weighted by Gasteiger charge is -2.14. The molecule has 4 N–H and O–H groups in total. The Kier molecular flexibility index (Phi) is 4.94. The van der Waals surface area contributed by atoms with E-state index < -0.39 is 22.2 Å². The van der Waals surface area contributed by atoms with Crippen molar-refractivity contribution in [3.63, 3.8) is 0 Å². The van der Waals surface area contributed by atoms with Crippen molar-refractivity contribution in [2.45, 2.75) is 30.4 Å². The molecule has 1 fully saturated rings. The fourth-order valence-corrected chi connectivity index (χ4v) is 3.41. The Bertz CT molecular complexity index is 618. The van der Waals surface area contributed by atoms with Crippen molar-refractivity contribution in [3.05, 3.63) is 24.3 Å². The van der Waals surface area contributed by atoms with Gasteiger partial charge in [-0.3, -0.25) is 4.79 Å². The van der Waals surface area contributed by atoms with E-state index in [9.17, 15) is 18.3 Å². The molecule has 0 aliphatic carbocycles.